The number of esters is 1. The molecule has 3 atom stereocenters. The largest absolute Gasteiger partial charge is 0.469 e. The molecule has 0 radical (unpaired) electrons. The lowest BCUT2D eigenvalue weighted by molar-refractivity contribution is -0.141. The van der Waals surface area contributed by atoms with Gasteiger partial charge in [0.25, 0.3) is 0 Å². The number of methoxy groups -OCH3 is 1. The van der Waals surface area contributed by atoms with Crippen LogP contribution in [0.25, 0.3) is 0 Å². The molecule has 1 aliphatic heterocycles. The molecule has 1 saturated heterocycles. The molecule has 0 aliphatic carbocycles. The molecule has 0 aromatic rings. The van der Waals surface area contributed by atoms with E-state index in [2.05, 4.69) is 18.6 Å². The maximum Gasteiger partial charge on any atom is 0.305 e. The molecule has 0 saturated carbocycles. The second-order valence-corrected chi connectivity index (χ2v) is 4.22. The summed E-state index contributed by atoms with van der Waals surface area (Å²) in [6, 6.07) is 0. The first-order chi connectivity index (χ1) is 7.21. The van der Waals surface area contributed by atoms with Crippen molar-refractivity contribution in [1.82, 2.24) is 0 Å². The van der Waals surface area contributed by atoms with Crippen molar-refractivity contribution in [1.29, 1.82) is 0 Å². The van der Waals surface area contributed by atoms with E-state index < -0.39 is 0 Å². The first kappa shape index (κ1) is 12.5. The molecule has 0 spiro atoms. The molecule has 88 valence electrons. The fraction of sp³-hybridized carbons (Fsp3) is 0.917. The number of carbonyl (C=O) groups excluding carboxylic acids is 1. The zero-order chi connectivity index (χ0) is 11.3. The van der Waals surface area contributed by atoms with Crippen LogP contribution in [0.1, 0.15) is 46.0 Å². The van der Waals surface area contributed by atoms with Crippen LogP contribution in [-0.2, 0) is 14.3 Å². The van der Waals surface area contributed by atoms with E-state index in [0.717, 1.165) is 25.7 Å². The Kier molecular flexibility index (Phi) is 5.09. The first-order valence-corrected chi connectivity index (χ1v) is 5.93. The summed E-state index contributed by atoms with van der Waals surface area (Å²) in [4.78, 5) is 11.1. The molecule has 0 aromatic carbocycles. The number of rotatable bonds is 5. The average Bonchev–Trinajstić information content (AvgIpc) is 2.68. The molecular formula is C12H22O3. The Labute approximate surface area is 92.1 Å². The maximum absolute atomic E-state index is 11.1. The third kappa shape index (κ3) is 3.49. The molecule has 15 heavy (non-hydrogen) atoms. The monoisotopic (exact) mass is 214 g/mol. The molecule has 1 fully saturated rings. The second-order valence-electron chi connectivity index (χ2n) is 4.22. The quantitative estimate of drug-likeness (QED) is 0.660. The van der Waals surface area contributed by atoms with Crippen LogP contribution in [0.2, 0.25) is 0 Å². The fourth-order valence-electron chi connectivity index (χ4n) is 2.30. The molecule has 0 aromatic heterocycles. The lowest BCUT2D eigenvalue weighted by Gasteiger charge is -2.15. The predicted molar refractivity (Wildman–Crippen MR) is 58.6 cm³/mol. The van der Waals surface area contributed by atoms with Crippen molar-refractivity contribution in [2.45, 2.75) is 58.2 Å². The van der Waals surface area contributed by atoms with Gasteiger partial charge in [-0.1, -0.05) is 13.8 Å². The average molecular weight is 214 g/mol. The molecule has 3 nitrogen and oxygen atoms in total. The molecule has 3 heteroatoms. The number of ether oxygens (including phenoxy) is 2. The highest BCUT2D eigenvalue weighted by Gasteiger charge is 2.32. The van der Waals surface area contributed by atoms with Crippen molar-refractivity contribution in [2.24, 2.45) is 5.92 Å². The summed E-state index contributed by atoms with van der Waals surface area (Å²) < 4.78 is 10.5. The summed E-state index contributed by atoms with van der Waals surface area (Å²) in [6.07, 6.45) is 5.40. The molecule has 1 heterocycles. The Morgan fingerprint density at radius 1 is 1.40 bits per heavy atom. The minimum atomic E-state index is -0.107. The van der Waals surface area contributed by atoms with Gasteiger partial charge in [-0.05, 0) is 31.6 Å². The van der Waals surface area contributed by atoms with E-state index in [1.807, 2.05) is 0 Å². The van der Waals surface area contributed by atoms with E-state index in [0.29, 0.717) is 24.5 Å². The van der Waals surface area contributed by atoms with Crippen molar-refractivity contribution in [3.63, 3.8) is 0 Å². The number of hydrogen-bond donors (Lipinski definition) is 0. The van der Waals surface area contributed by atoms with Gasteiger partial charge >= 0.3 is 5.97 Å². The summed E-state index contributed by atoms with van der Waals surface area (Å²) in [5.74, 6) is 0.434. The Morgan fingerprint density at radius 3 is 2.67 bits per heavy atom. The van der Waals surface area contributed by atoms with Gasteiger partial charge in [-0.25, -0.2) is 0 Å². The standard InChI is InChI=1S/C12H22O3/c1-4-10-8-9(11(5-2)15-10)6-7-12(13)14-3/h9-11H,4-8H2,1-3H3. The highest BCUT2D eigenvalue weighted by molar-refractivity contribution is 5.69. The number of hydrogen-bond acceptors (Lipinski definition) is 3. The van der Waals surface area contributed by atoms with Crippen molar-refractivity contribution in [3.05, 3.63) is 0 Å². The molecular weight excluding hydrogens is 192 g/mol. The highest BCUT2D eigenvalue weighted by atomic mass is 16.5. The minimum Gasteiger partial charge on any atom is -0.469 e. The van der Waals surface area contributed by atoms with Gasteiger partial charge in [0, 0.05) is 6.42 Å². The van der Waals surface area contributed by atoms with Crippen molar-refractivity contribution in [3.8, 4) is 0 Å². The zero-order valence-corrected chi connectivity index (χ0v) is 9.99. The van der Waals surface area contributed by atoms with Gasteiger partial charge in [0.05, 0.1) is 19.3 Å². The molecule has 1 rings (SSSR count). The minimum absolute atomic E-state index is 0.107. The van der Waals surface area contributed by atoms with E-state index in [1.165, 1.54) is 7.11 Å². The first-order valence-electron chi connectivity index (χ1n) is 5.93. The van der Waals surface area contributed by atoms with Crippen LogP contribution in [0.4, 0.5) is 0 Å². The topological polar surface area (TPSA) is 35.5 Å². The zero-order valence-electron chi connectivity index (χ0n) is 9.99. The lowest BCUT2D eigenvalue weighted by atomic mass is 9.92. The normalized spacial score (nSPS) is 30.5. The van der Waals surface area contributed by atoms with Crippen LogP contribution in [0, 0.1) is 5.92 Å². The second kappa shape index (κ2) is 6.11. The SMILES string of the molecule is CCC1CC(CCC(=O)OC)C(CC)O1. The van der Waals surface area contributed by atoms with Crippen molar-refractivity contribution in [2.75, 3.05) is 7.11 Å². The highest BCUT2D eigenvalue weighted by Crippen LogP contribution is 2.33. The van der Waals surface area contributed by atoms with Crippen LogP contribution in [0.5, 0.6) is 0 Å². The van der Waals surface area contributed by atoms with Crippen LogP contribution in [0.3, 0.4) is 0 Å². The van der Waals surface area contributed by atoms with Crippen LogP contribution < -0.4 is 0 Å². The third-order valence-corrected chi connectivity index (χ3v) is 3.26. The fourth-order valence-corrected chi connectivity index (χ4v) is 2.30. The summed E-state index contributed by atoms with van der Waals surface area (Å²) in [5.41, 5.74) is 0. The van der Waals surface area contributed by atoms with Gasteiger partial charge < -0.3 is 9.47 Å². The summed E-state index contributed by atoms with van der Waals surface area (Å²) in [6.45, 7) is 4.30. The van der Waals surface area contributed by atoms with Gasteiger partial charge in [0.1, 0.15) is 0 Å². The third-order valence-electron chi connectivity index (χ3n) is 3.26. The summed E-state index contributed by atoms with van der Waals surface area (Å²) in [5, 5.41) is 0. The number of carbonyl (C=O) groups is 1. The Morgan fingerprint density at radius 2 is 2.13 bits per heavy atom. The van der Waals surface area contributed by atoms with Gasteiger partial charge in [0.2, 0.25) is 0 Å². The van der Waals surface area contributed by atoms with Crippen molar-refractivity contribution < 1.29 is 14.3 Å². The molecule has 0 N–H and O–H groups in total. The van der Waals surface area contributed by atoms with Gasteiger partial charge in [-0.2, -0.15) is 0 Å². The molecule has 1 aliphatic rings. The lowest BCUT2D eigenvalue weighted by Crippen LogP contribution is -2.16. The van der Waals surface area contributed by atoms with Crippen LogP contribution >= 0.6 is 0 Å². The van der Waals surface area contributed by atoms with E-state index in [9.17, 15) is 4.79 Å². The van der Waals surface area contributed by atoms with E-state index in [-0.39, 0.29) is 5.97 Å². The Balaban J connectivity index is 2.36. The summed E-state index contributed by atoms with van der Waals surface area (Å²) in [7, 11) is 1.44. The summed E-state index contributed by atoms with van der Waals surface area (Å²) >= 11 is 0. The molecule has 3 unspecified atom stereocenters. The van der Waals surface area contributed by atoms with Crippen LogP contribution in [0.15, 0.2) is 0 Å². The van der Waals surface area contributed by atoms with Gasteiger partial charge in [-0.15, -0.1) is 0 Å². The predicted octanol–water partition coefficient (Wildman–Crippen LogP) is 2.53. The van der Waals surface area contributed by atoms with Gasteiger partial charge in [-0.3, -0.25) is 4.79 Å². The Bertz CT molecular complexity index is 203. The molecule has 0 bridgehead atoms. The van der Waals surface area contributed by atoms with Crippen LogP contribution in [-0.4, -0.2) is 25.3 Å². The van der Waals surface area contributed by atoms with E-state index >= 15 is 0 Å². The van der Waals surface area contributed by atoms with E-state index in [1.54, 1.807) is 0 Å². The van der Waals surface area contributed by atoms with Crippen molar-refractivity contribution >= 4 is 5.97 Å². The van der Waals surface area contributed by atoms with Gasteiger partial charge in [0.15, 0.2) is 0 Å². The Hall–Kier alpha value is -0.570. The van der Waals surface area contributed by atoms with E-state index in [4.69, 9.17) is 4.74 Å². The molecule has 0 amide bonds. The smallest absolute Gasteiger partial charge is 0.305 e. The maximum atomic E-state index is 11.1.